The van der Waals surface area contributed by atoms with Gasteiger partial charge in [0.2, 0.25) is 0 Å². The highest BCUT2D eigenvalue weighted by Gasteiger charge is 2.31. The molecule has 1 fully saturated rings. The zero-order valence-corrected chi connectivity index (χ0v) is 13.2. The molecule has 1 aliphatic heterocycles. The number of hydrogen-bond donors (Lipinski definition) is 2. The fourth-order valence-corrected chi connectivity index (χ4v) is 2.07. The van der Waals surface area contributed by atoms with E-state index in [9.17, 15) is 4.79 Å². The van der Waals surface area contributed by atoms with Gasteiger partial charge in [-0.2, -0.15) is 0 Å². The first-order valence-electron chi connectivity index (χ1n) is 5.51. The van der Waals surface area contributed by atoms with Gasteiger partial charge in [0.1, 0.15) is 6.04 Å². The Balaban J connectivity index is -0.000000750. The maximum absolute atomic E-state index is 11.1. The number of carboxylic acid groups (broad SMARTS) is 1. The Kier molecular flexibility index (Phi) is 14.4. The Morgan fingerprint density at radius 2 is 1.67 bits per heavy atom. The van der Waals surface area contributed by atoms with Crippen LogP contribution in [-0.2, 0) is 4.79 Å². The topological polar surface area (TPSA) is 69.8 Å². The minimum absolute atomic E-state index is 0. The summed E-state index contributed by atoms with van der Waals surface area (Å²) >= 11 is 0. The molecule has 0 amide bonds. The van der Waals surface area contributed by atoms with Crippen LogP contribution in [0.1, 0.15) is 13.8 Å². The van der Waals surface area contributed by atoms with E-state index in [1.165, 1.54) is 0 Å². The van der Waals surface area contributed by atoms with Crippen LogP contribution in [0.15, 0.2) is 0 Å². The van der Waals surface area contributed by atoms with Crippen molar-refractivity contribution in [2.24, 2.45) is 5.73 Å². The van der Waals surface area contributed by atoms with Gasteiger partial charge in [-0.05, 0) is 13.5 Å². The summed E-state index contributed by atoms with van der Waals surface area (Å²) in [5.74, 6) is -0.810. The molecule has 0 aromatic heterocycles. The zero-order valence-electron chi connectivity index (χ0n) is 10.7. The quantitative estimate of drug-likeness (QED) is 0.796. The third-order valence-corrected chi connectivity index (χ3v) is 3.00. The zero-order chi connectivity index (χ0) is 11.4. The first kappa shape index (κ1) is 23.3. The molecule has 5 nitrogen and oxygen atoms in total. The standard InChI is InChI=1S/C10H21N3O2.3ClH/c1-3-12-4-6-13(7-5-12)9(8(2)11)10(14)15;;;/h8-9H,3-7,11H2,1-2H3,(H,14,15);3*1H. The van der Waals surface area contributed by atoms with Crippen molar-refractivity contribution in [1.82, 2.24) is 9.80 Å². The van der Waals surface area contributed by atoms with E-state index < -0.39 is 12.0 Å². The van der Waals surface area contributed by atoms with Crippen molar-refractivity contribution in [2.75, 3.05) is 32.7 Å². The highest BCUT2D eigenvalue weighted by Crippen LogP contribution is 2.08. The van der Waals surface area contributed by atoms with Crippen molar-refractivity contribution in [3.63, 3.8) is 0 Å². The summed E-state index contributed by atoms with van der Waals surface area (Å²) in [5, 5.41) is 9.08. The van der Waals surface area contributed by atoms with Crippen LogP contribution in [0.3, 0.4) is 0 Å². The van der Waals surface area contributed by atoms with Crippen molar-refractivity contribution >= 4 is 43.2 Å². The number of nitrogens with two attached hydrogens (primary N) is 1. The Morgan fingerprint density at radius 1 is 1.22 bits per heavy atom. The van der Waals surface area contributed by atoms with Gasteiger partial charge in [0.25, 0.3) is 0 Å². The first-order valence-corrected chi connectivity index (χ1v) is 5.51. The molecule has 112 valence electrons. The highest BCUT2D eigenvalue weighted by molar-refractivity contribution is 5.86. The molecule has 0 bridgehead atoms. The molecule has 1 aliphatic rings. The van der Waals surface area contributed by atoms with Crippen molar-refractivity contribution in [3.8, 4) is 0 Å². The summed E-state index contributed by atoms with van der Waals surface area (Å²) in [6, 6.07) is -0.861. The molecule has 18 heavy (non-hydrogen) atoms. The lowest BCUT2D eigenvalue weighted by molar-refractivity contribution is -0.144. The molecule has 0 aromatic carbocycles. The summed E-state index contributed by atoms with van der Waals surface area (Å²) in [6.45, 7) is 8.38. The lowest BCUT2D eigenvalue weighted by Crippen LogP contribution is -2.57. The van der Waals surface area contributed by atoms with E-state index in [4.69, 9.17) is 10.8 Å². The smallest absolute Gasteiger partial charge is 0.322 e. The lowest BCUT2D eigenvalue weighted by atomic mass is 10.1. The van der Waals surface area contributed by atoms with Crippen molar-refractivity contribution in [1.29, 1.82) is 0 Å². The second-order valence-electron chi connectivity index (χ2n) is 4.11. The normalized spacial score (nSPS) is 19.7. The van der Waals surface area contributed by atoms with Crippen LogP contribution in [0.5, 0.6) is 0 Å². The van der Waals surface area contributed by atoms with E-state index in [1.54, 1.807) is 6.92 Å². The van der Waals surface area contributed by atoms with Crippen LogP contribution >= 0.6 is 37.2 Å². The summed E-state index contributed by atoms with van der Waals surface area (Å²) in [5.41, 5.74) is 5.70. The molecule has 1 rings (SSSR count). The molecule has 2 unspecified atom stereocenters. The number of carbonyl (C=O) groups is 1. The average Bonchev–Trinajstić information content (AvgIpc) is 2.18. The summed E-state index contributed by atoms with van der Waals surface area (Å²) in [4.78, 5) is 15.3. The summed E-state index contributed by atoms with van der Waals surface area (Å²) < 4.78 is 0. The molecule has 2 atom stereocenters. The maximum atomic E-state index is 11.1. The van der Waals surface area contributed by atoms with E-state index in [1.807, 2.05) is 4.90 Å². The van der Waals surface area contributed by atoms with Gasteiger partial charge in [0, 0.05) is 32.2 Å². The fourth-order valence-electron chi connectivity index (χ4n) is 2.07. The Hall–Kier alpha value is 0.220. The van der Waals surface area contributed by atoms with Crippen molar-refractivity contribution in [2.45, 2.75) is 25.9 Å². The highest BCUT2D eigenvalue weighted by atomic mass is 35.5. The number of piperazine rings is 1. The minimum atomic E-state index is -0.810. The second-order valence-corrected chi connectivity index (χ2v) is 4.11. The SMILES string of the molecule is CCN1CCN(C(C(=O)O)C(C)N)CC1.Cl.Cl.Cl. The predicted molar refractivity (Wildman–Crippen MR) is 80.5 cm³/mol. The molecular weight excluding hydrogens is 300 g/mol. The molecule has 1 heterocycles. The Bertz CT molecular complexity index is 224. The number of likely N-dealkylation sites (N-methyl/N-ethyl adjacent to an activating group) is 1. The van der Waals surface area contributed by atoms with Gasteiger partial charge in [-0.1, -0.05) is 6.92 Å². The minimum Gasteiger partial charge on any atom is -0.480 e. The number of nitrogens with zero attached hydrogens (tertiary/aromatic N) is 2. The average molecular weight is 325 g/mol. The predicted octanol–water partition coefficient (Wildman–Crippen LogP) is 0.690. The Morgan fingerprint density at radius 3 is 1.94 bits per heavy atom. The summed E-state index contributed by atoms with van der Waals surface area (Å²) in [6.07, 6.45) is 0. The van der Waals surface area contributed by atoms with Crippen LogP contribution < -0.4 is 5.73 Å². The van der Waals surface area contributed by atoms with Gasteiger partial charge in [-0.25, -0.2) is 0 Å². The van der Waals surface area contributed by atoms with E-state index in [0.29, 0.717) is 0 Å². The lowest BCUT2D eigenvalue weighted by Gasteiger charge is -2.38. The van der Waals surface area contributed by atoms with Crippen LogP contribution in [0, 0.1) is 0 Å². The monoisotopic (exact) mass is 323 g/mol. The van der Waals surface area contributed by atoms with Gasteiger partial charge in [-0.15, -0.1) is 37.2 Å². The molecule has 3 N–H and O–H groups in total. The van der Waals surface area contributed by atoms with E-state index in [-0.39, 0.29) is 43.3 Å². The third kappa shape index (κ3) is 6.41. The second kappa shape index (κ2) is 11.1. The van der Waals surface area contributed by atoms with Gasteiger partial charge >= 0.3 is 5.97 Å². The molecule has 0 aliphatic carbocycles. The first-order chi connectivity index (χ1) is 7.06. The molecule has 8 heteroatoms. The molecule has 1 saturated heterocycles. The fraction of sp³-hybridized carbons (Fsp3) is 0.900. The molecule has 0 saturated carbocycles. The number of hydrogen-bond acceptors (Lipinski definition) is 4. The molecule has 0 aromatic rings. The molecular formula is C10H24Cl3N3O2. The largest absolute Gasteiger partial charge is 0.480 e. The van der Waals surface area contributed by atoms with Crippen LogP contribution in [0.25, 0.3) is 0 Å². The van der Waals surface area contributed by atoms with Crippen LogP contribution in [-0.4, -0.2) is 65.7 Å². The van der Waals surface area contributed by atoms with E-state index in [0.717, 1.165) is 32.7 Å². The number of halogens is 3. The number of rotatable bonds is 4. The van der Waals surface area contributed by atoms with Gasteiger partial charge in [0.05, 0.1) is 0 Å². The molecule has 0 spiro atoms. The Labute approximate surface area is 127 Å². The van der Waals surface area contributed by atoms with Crippen LogP contribution in [0.4, 0.5) is 0 Å². The molecule has 0 radical (unpaired) electrons. The summed E-state index contributed by atoms with van der Waals surface area (Å²) in [7, 11) is 0. The van der Waals surface area contributed by atoms with Crippen molar-refractivity contribution in [3.05, 3.63) is 0 Å². The number of carboxylic acids is 1. The van der Waals surface area contributed by atoms with Gasteiger partial charge in [-0.3, -0.25) is 9.69 Å². The van der Waals surface area contributed by atoms with E-state index >= 15 is 0 Å². The van der Waals surface area contributed by atoms with E-state index in [2.05, 4.69) is 11.8 Å². The van der Waals surface area contributed by atoms with Crippen molar-refractivity contribution < 1.29 is 9.90 Å². The third-order valence-electron chi connectivity index (χ3n) is 3.00. The number of aliphatic carboxylic acids is 1. The maximum Gasteiger partial charge on any atom is 0.322 e. The van der Waals surface area contributed by atoms with Crippen LogP contribution in [0.2, 0.25) is 0 Å². The van der Waals surface area contributed by atoms with Gasteiger partial charge < -0.3 is 15.7 Å². The van der Waals surface area contributed by atoms with Gasteiger partial charge in [0.15, 0.2) is 0 Å².